The molecule has 0 spiro atoms. The SMILES string of the molecule is CCCc1nn(C)c(N(C)CC2CCN(C)CC2)c1N. The van der Waals surface area contributed by atoms with Gasteiger partial charge in [0.2, 0.25) is 0 Å². The molecule has 1 aliphatic rings. The number of likely N-dealkylation sites (tertiary alicyclic amines) is 1. The monoisotopic (exact) mass is 279 g/mol. The minimum Gasteiger partial charge on any atom is -0.394 e. The molecular formula is C15H29N5. The van der Waals surface area contributed by atoms with Gasteiger partial charge in [-0.25, -0.2) is 0 Å². The van der Waals surface area contributed by atoms with Crippen LogP contribution in [0.2, 0.25) is 0 Å². The number of hydrogen-bond acceptors (Lipinski definition) is 4. The summed E-state index contributed by atoms with van der Waals surface area (Å²) in [5.74, 6) is 1.84. The van der Waals surface area contributed by atoms with E-state index in [1.165, 1.54) is 25.9 Å². The van der Waals surface area contributed by atoms with E-state index < -0.39 is 0 Å². The fourth-order valence-electron chi connectivity index (χ4n) is 3.18. The molecule has 20 heavy (non-hydrogen) atoms. The summed E-state index contributed by atoms with van der Waals surface area (Å²) in [5, 5.41) is 4.57. The van der Waals surface area contributed by atoms with E-state index in [9.17, 15) is 0 Å². The van der Waals surface area contributed by atoms with Crippen molar-refractivity contribution in [3.63, 3.8) is 0 Å². The van der Waals surface area contributed by atoms with E-state index in [1.54, 1.807) is 0 Å². The Balaban J connectivity index is 2.03. The maximum atomic E-state index is 6.29. The van der Waals surface area contributed by atoms with E-state index in [1.807, 2.05) is 11.7 Å². The minimum atomic E-state index is 0.764. The number of hydrogen-bond donors (Lipinski definition) is 1. The van der Waals surface area contributed by atoms with Gasteiger partial charge in [-0.3, -0.25) is 4.68 Å². The van der Waals surface area contributed by atoms with Gasteiger partial charge in [-0.1, -0.05) is 13.3 Å². The number of anilines is 2. The van der Waals surface area contributed by atoms with Gasteiger partial charge in [-0.05, 0) is 45.3 Å². The Morgan fingerprint density at radius 1 is 1.30 bits per heavy atom. The van der Waals surface area contributed by atoms with E-state index in [4.69, 9.17) is 5.73 Å². The Hall–Kier alpha value is -1.23. The molecule has 0 unspecified atom stereocenters. The Bertz CT molecular complexity index is 432. The lowest BCUT2D eigenvalue weighted by Crippen LogP contribution is -2.36. The molecule has 1 fully saturated rings. The number of piperidine rings is 1. The number of nitrogen functional groups attached to an aromatic ring is 1. The summed E-state index contributed by atoms with van der Waals surface area (Å²) in [6, 6.07) is 0. The molecule has 1 aromatic rings. The third-order valence-electron chi connectivity index (χ3n) is 4.35. The average molecular weight is 279 g/mol. The molecule has 0 bridgehead atoms. The minimum absolute atomic E-state index is 0.764. The smallest absolute Gasteiger partial charge is 0.150 e. The number of nitrogens with zero attached hydrogens (tertiary/aromatic N) is 4. The van der Waals surface area contributed by atoms with Gasteiger partial charge >= 0.3 is 0 Å². The lowest BCUT2D eigenvalue weighted by molar-refractivity contribution is 0.222. The molecule has 114 valence electrons. The van der Waals surface area contributed by atoms with Crippen molar-refractivity contribution in [1.29, 1.82) is 0 Å². The molecular weight excluding hydrogens is 250 g/mol. The van der Waals surface area contributed by atoms with Crippen LogP contribution in [0.25, 0.3) is 0 Å². The highest BCUT2D eigenvalue weighted by Gasteiger charge is 2.22. The first-order valence-electron chi connectivity index (χ1n) is 7.74. The number of rotatable bonds is 5. The molecule has 0 amide bonds. The van der Waals surface area contributed by atoms with Crippen LogP contribution in [0.15, 0.2) is 0 Å². The predicted octanol–water partition coefficient (Wildman–Crippen LogP) is 1.73. The maximum absolute atomic E-state index is 6.29. The van der Waals surface area contributed by atoms with E-state index >= 15 is 0 Å². The Morgan fingerprint density at radius 2 is 1.95 bits per heavy atom. The van der Waals surface area contributed by atoms with Gasteiger partial charge < -0.3 is 15.5 Å². The van der Waals surface area contributed by atoms with Crippen molar-refractivity contribution in [1.82, 2.24) is 14.7 Å². The quantitative estimate of drug-likeness (QED) is 0.892. The topological polar surface area (TPSA) is 50.3 Å². The van der Waals surface area contributed by atoms with Crippen molar-refractivity contribution in [2.75, 3.05) is 44.4 Å². The number of nitrogens with two attached hydrogens (primary N) is 1. The molecule has 1 aliphatic heterocycles. The molecule has 5 heteroatoms. The highest BCUT2D eigenvalue weighted by atomic mass is 15.4. The lowest BCUT2D eigenvalue weighted by Gasteiger charge is -2.32. The van der Waals surface area contributed by atoms with E-state index in [0.717, 1.165) is 42.5 Å². The van der Waals surface area contributed by atoms with Crippen LogP contribution < -0.4 is 10.6 Å². The van der Waals surface area contributed by atoms with Crippen molar-refractivity contribution in [3.8, 4) is 0 Å². The van der Waals surface area contributed by atoms with Gasteiger partial charge in [-0.2, -0.15) is 5.10 Å². The summed E-state index contributed by atoms with van der Waals surface area (Å²) < 4.78 is 1.94. The van der Waals surface area contributed by atoms with Gasteiger partial charge in [-0.15, -0.1) is 0 Å². The van der Waals surface area contributed by atoms with Crippen LogP contribution in [0.5, 0.6) is 0 Å². The fourth-order valence-corrected chi connectivity index (χ4v) is 3.18. The van der Waals surface area contributed by atoms with Gasteiger partial charge in [0.25, 0.3) is 0 Å². The summed E-state index contributed by atoms with van der Waals surface area (Å²) in [7, 11) is 6.34. The molecule has 0 radical (unpaired) electrons. The van der Waals surface area contributed by atoms with Gasteiger partial charge in [0.05, 0.1) is 11.4 Å². The van der Waals surface area contributed by atoms with Crippen LogP contribution in [-0.2, 0) is 13.5 Å². The third kappa shape index (κ3) is 3.26. The second kappa shape index (κ2) is 6.48. The summed E-state index contributed by atoms with van der Waals surface area (Å²) >= 11 is 0. The summed E-state index contributed by atoms with van der Waals surface area (Å²) in [4.78, 5) is 4.70. The van der Waals surface area contributed by atoms with Crippen molar-refractivity contribution < 1.29 is 0 Å². The molecule has 1 aromatic heterocycles. The second-order valence-corrected chi connectivity index (χ2v) is 6.18. The van der Waals surface area contributed by atoms with Gasteiger partial charge in [0.15, 0.2) is 0 Å². The predicted molar refractivity (Wildman–Crippen MR) is 85.1 cm³/mol. The zero-order chi connectivity index (χ0) is 14.7. The van der Waals surface area contributed by atoms with Crippen LogP contribution in [0.1, 0.15) is 31.9 Å². The third-order valence-corrected chi connectivity index (χ3v) is 4.35. The molecule has 2 heterocycles. The Labute approximate surface area is 122 Å². The Kier molecular flexibility index (Phi) is 4.91. The molecule has 5 nitrogen and oxygen atoms in total. The van der Waals surface area contributed by atoms with Crippen molar-refractivity contribution in [2.45, 2.75) is 32.6 Å². The van der Waals surface area contributed by atoms with Crippen molar-refractivity contribution in [2.24, 2.45) is 13.0 Å². The molecule has 0 atom stereocenters. The standard InChI is InChI=1S/C15H29N5/c1-5-6-13-14(16)15(20(4)17-13)19(3)11-12-7-9-18(2)10-8-12/h12H,5-11,16H2,1-4H3. The first-order valence-corrected chi connectivity index (χ1v) is 7.74. The highest BCUT2D eigenvalue weighted by molar-refractivity contribution is 5.66. The maximum Gasteiger partial charge on any atom is 0.150 e. The molecule has 0 aromatic carbocycles. The Morgan fingerprint density at radius 3 is 2.55 bits per heavy atom. The number of aryl methyl sites for hydroxylation is 2. The normalized spacial score (nSPS) is 17.6. The van der Waals surface area contributed by atoms with Crippen LogP contribution in [0, 0.1) is 5.92 Å². The molecule has 1 saturated heterocycles. The zero-order valence-corrected chi connectivity index (χ0v) is 13.4. The van der Waals surface area contributed by atoms with Gasteiger partial charge in [0.1, 0.15) is 5.82 Å². The summed E-state index contributed by atoms with van der Waals surface area (Å²) in [6.07, 6.45) is 4.60. The van der Waals surface area contributed by atoms with Crippen LogP contribution >= 0.6 is 0 Å². The van der Waals surface area contributed by atoms with Crippen molar-refractivity contribution >= 4 is 11.5 Å². The van der Waals surface area contributed by atoms with E-state index in [0.29, 0.717) is 0 Å². The molecule has 2 rings (SSSR count). The van der Waals surface area contributed by atoms with Crippen LogP contribution in [0.3, 0.4) is 0 Å². The van der Waals surface area contributed by atoms with Gasteiger partial charge in [0, 0.05) is 20.6 Å². The lowest BCUT2D eigenvalue weighted by atomic mass is 9.96. The highest BCUT2D eigenvalue weighted by Crippen LogP contribution is 2.28. The fraction of sp³-hybridized carbons (Fsp3) is 0.800. The second-order valence-electron chi connectivity index (χ2n) is 6.18. The van der Waals surface area contributed by atoms with E-state index in [-0.39, 0.29) is 0 Å². The first-order chi connectivity index (χ1) is 9.52. The zero-order valence-electron chi connectivity index (χ0n) is 13.4. The molecule has 2 N–H and O–H groups in total. The first kappa shape index (κ1) is 15.2. The van der Waals surface area contributed by atoms with Crippen LogP contribution in [-0.4, -0.2) is 48.4 Å². The molecule has 0 aliphatic carbocycles. The molecule has 0 saturated carbocycles. The number of aromatic nitrogens is 2. The summed E-state index contributed by atoms with van der Waals surface area (Å²) in [6.45, 7) is 5.65. The van der Waals surface area contributed by atoms with Crippen molar-refractivity contribution in [3.05, 3.63) is 5.69 Å². The van der Waals surface area contributed by atoms with E-state index in [2.05, 4.69) is 35.9 Å². The van der Waals surface area contributed by atoms with Crippen LogP contribution in [0.4, 0.5) is 11.5 Å². The summed E-state index contributed by atoms with van der Waals surface area (Å²) in [5.41, 5.74) is 8.19. The largest absolute Gasteiger partial charge is 0.394 e. The average Bonchev–Trinajstić information content (AvgIpc) is 2.68.